The van der Waals surface area contributed by atoms with Crippen LogP contribution in [-0.4, -0.2) is 29.5 Å². The highest BCUT2D eigenvalue weighted by Crippen LogP contribution is 2.21. The molecule has 1 N–H and O–H groups in total. The van der Waals surface area contributed by atoms with Crippen LogP contribution in [0.1, 0.15) is 19.4 Å². The van der Waals surface area contributed by atoms with Gasteiger partial charge in [-0.2, -0.15) is 4.39 Å². The van der Waals surface area contributed by atoms with Gasteiger partial charge in [-0.05, 0) is 23.6 Å². The Morgan fingerprint density at radius 1 is 1.14 bits per heavy atom. The summed E-state index contributed by atoms with van der Waals surface area (Å²) in [5, 5.41) is 13.4. The lowest BCUT2D eigenvalue weighted by atomic mass is 10.2. The summed E-state index contributed by atoms with van der Waals surface area (Å²) in [7, 11) is 0. The molecule has 0 saturated heterocycles. The number of fused-ring (bicyclic) bond motifs is 1. The SMILES string of the molecule is CC(C)Cn1cnc2c1c(=O)n(CC(=O)Nc1ccc(F)c([N+](=O)[O-])c1)c(=O)n2Cc1ccccc1. The number of carbonyl (C=O) groups is 1. The summed E-state index contributed by atoms with van der Waals surface area (Å²) in [5.74, 6) is -1.65. The first-order valence-corrected chi connectivity index (χ1v) is 11.1. The average molecular weight is 494 g/mol. The number of benzene rings is 2. The summed E-state index contributed by atoms with van der Waals surface area (Å²) in [6.45, 7) is 3.89. The first kappa shape index (κ1) is 24.5. The van der Waals surface area contributed by atoms with E-state index in [0.29, 0.717) is 6.54 Å². The molecule has 0 fully saturated rings. The summed E-state index contributed by atoms with van der Waals surface area (Å²) >= 11 is 0. The van der Waals surface area contributed by atoms with Gasteiger partial charge in [0.15, 0.2) is 11.2 Å². The Kier molecular flexibility index (Phi) is 6.77. The number of carbonyl (C=O) groups excluding carboxylic acids is 1. The van der Waals surface area contributed by atoms with Crippen molar-refractivity contribution in [1.29, 1.82) is 0 Å². The van der Waals surface area contributed by atoms with Crippen LogP contribution < -0.4 is 16.6 Å². The number of rotatable bonds is 8. The molecule has 1 amide bonds. The Morgan fingerprint density at radius 3 is 2.53 bits per heavy atom. The molecule has 12 heteroatoms. The van der Waals surface area contributed by atoms with Gasteiger partial charge in [-0.1, -0.05) is 44.2 Å². The van der Waals surface area contributed by atoms with Crippen molar-refractivity contribution in [2.24, 2.45) is 5.92 Å². The lowest BCUT2D eigenvalue weighted by Gasteiger charge is -2.13. The number of aromatic nitrogens is 4. The predicted molar refractivity (Wildman–Crippen MR) is 130 cm³/mol. The van der Waals surface area contributed by atoms with Crippen molar-refractivity contribution >= 4 is 28.4 Å². The van der Waals surface area contributed by atoms with E-state index in [0.717, 1.165) is 28.3 Å². The van der Waals surface area contributed by atoms with E-state index in [1.807, 2.05) is 44.2 Å². The van der Waals surface area contributed by atoms with Gasteiger partial charge in [0.2, 0.25) is 11.7 Å². The maximum Gasteiger partial charge on any atom is 0.333 e. The third kappa shape index (κ3) is 4.92. The van der Waals surface area contributed by atoms with Crippen molar-refractivity contribution in [3.8, 4) is 0 Å². The van der Waals surface area contributed by atoms with E-state index in [9.17, 15) is 28.9 Å². The minimum absolute atomic E-state index is 0.0447. The third-order valence-corrected chi connectivity index (χ3v) is 5.46. The molecule has 4 aromatic rings. The number of amides is 1. The standard InChI is InChI=1S/C24H23FN6O5/c1-15(2)11-28-14-26-22-21(28)23(33)30(24(34)29(22)12-16-6-4-3-5-7-16)13-20(32)27-17-8-9-18(25)19(10-17)31(35)36/h3-10,14-15H,11-13H2,1-2H3,(H,27,32). The van der Waals surface area contributed by atoms with Gasteiger partial charge in [-0.15, -0.1) is 0 Å². The van der Waals surface area contributed by atoms with Crippen LogP contribution in [0.3, 0.4) is 0 Å². The van der Waals surface area contributed by atoms with Crippen LogP contribution in [0.4, 0.5) is 15.8 Å². The Hall–Kier alpha value is -4.61. The molecule has 2 aromatic carbocycles. The van der Waals surface area contributed by atoms with Crippen LogP contribution in [0.25, 0.3) is 11.2 Å². The zero-order valence-corrected chi connectivity index (χ0v) is 19.6. The molecule has 2 heterocycles. The first-order valence-electron chi connectivity index (χ1n) is 11.1. The maximum absolute atomic E-state index is 13.6. The maximum atomic E-state index is 13.6. The molecule has 11 nitrogen and oxygen atoms in total. The van der Waals surface area contributed by atoms with Crippen molar-refractivity contribution < 1.29 is 14.1 Å². The zero-order chi connectivity index (χ0) is 26.0. The highest BCUT2D eigenvalue weighted by atomic mass is 19.1. The van der Waals surface area contributed by atoms with Crippen molar-refractivity contribution in [3.05, 3.63) is 97.2 Å². The van der Waals surface area contributed by atoms with Crippen LogP contribution in [-0.2, 0) is 24.4 Å². The number of imidazole rings is 1. The fourth-order valence-corrected chi connectivity index (χ4v) is 3.89. The fraction of sp³-hybridized carbons (Fsp3) is 0.250. The minimum atomic E-state index is -1.05. The van der Waals surface area contributed by atoms with Crippen LogP contribution in [0.15, 0.2) is 64.4 Å². The second kappa shape index (κ2) is 9.94. The normalized spacial score (nSPS) is 11.2. The van der Waals surface area contributed by atoms with Crippen molar-refractivity contribution in [2.45, 2.75) is 33.5 Å². The number of hydrogen-bond acceptors (Lipinski definition) is 6. The second-order valence-electron chi connectivity index (χ2n) is 8.68. The van der Waals surface area contributed by atoms with Crippen molar-refractivity contribution in [2.75, 3.05) is 5.32 Å². The molecule has 0 saturated carbocycles. The van der Waals surface area contributed by atoms with Gasteiger partial charge in [-0.3, -0.25) is 24.3 Å². The van der Waals surface area contributed by atoms with E-state index in [2.05, 4.69) is 10.3 Å². The van der Waals surface area contributed by atoms with E-state index in [-0.39, 0.29) is 29.3 Å². The van der Waals surface area contributed by atoms with Gasteiger partial charge in [0, 0.05) is 18.3 Å². The van der Waals surface area contributed by atoms with E-state index in [1.54, 1.807) is 4.57 Å². The monoisotopic (exact) mass is 494 g/mol. The summed E-state index contributed by atoms with van der Waals surface area (Å²) in [6, 6.07) is 12.0. The van der Waals surface area contributed by atoms with Crippen LogP contribution in [0.5, 0.6) is 0 Å². The Balaban J connectivity index is 1.76. The van der Waals surface area contributed by atoms with Crippen LogP contribution in [0, 0.1) is 21.8 Å². The Bertz CT molecular complexity index is 1570. The molecular weight excluding hydrogens is 471 g/mol. The Labute approximate surface area is 203 Å². The molecule has 186 valence electrons. The molecule has 4 rings (SSSR count). The van der Waals surface area contributed by atoms with Gasteiger partial charge in [-0.25, -0.2) is 14.3 Å². The molecule has 0 bridgehead atoms. The molecule has 0 aliphatic carbocycles. The van der Waals surface area contributed by atoms with Gasteiger partial charge >= 0.3 is 11.4 Å². The summed E-state index contributed by atoms with van der Waals surface area (Å²) in [4.78, 5) is 53.9. The summed E-state index contributed by atoms with van der Waals surface area (Å²) in [6.07, 6.45) is 1.50. The molecule has 2 aromatic heterocycles. The third-order valence-electron chi connectivity index (χ3n) is 5.46. The second-order valence-corrected chi connectivity index (χ2v) is 8.68. The topological polar surface area (TPSA) is 134 Å². The van der Waals surface area contributed by atoms with Gasteiger partial charge < -0.3 is 9.88 Å². The summed E-state index contributed by atoms with van der Waals surface area (Å²) < 4.78 is 17.4. The molecule has 0 spiro atoms. The van der Waals surface area contributed by atoms with E-state index >= 15 is 0 Å². The summed E-state index contributed by atoms with van der Waals surface area (Å²) in [5.41, 5.74) is -1.08. The highest BCUT2D eigenvalue weighted by Gasteiger charge is 2.21. The highest BCUT2D eigenvalue weighted by molar-refractivity contribution is 5.91. The van der Waals surface area contributed by atoms with Crippen molar-refractivity contribution in [3.63, 3.8) is 0 Å². The lowest BCUT2D eigenvalue weighted by molar-refractivity contribution is -0.387. The van der Waals surface area contributed by atoms with Crippen molar-refractivity contribution in [1.82, 2.24) is 18.7 Å². The molecule has 0 radical (unpaired) electrons. The van der Waals surface area contributed by atoms with E-state index in [4.69, 9.17) is 0 Å². The van der Waals surface area contributed by atoms with Crippen LogP contribution in [0.2, 0.25) is 0 Å². The van der Waals surface area contributed by atoms with Gasteiger partial charge in [0.05, 0.1) is 17.8 Å². The predicted octanol–water partition coefficient (Wildman–Crippen LogP) is 2.75. The number of hydrogen-bond donors (Lipinski definition) is 1. The Morgan fingerprint density at radius 2 is 1.86 bits per heavy atom. The molecule has 0 unspecified atom stereocenters. The molecule has 0 aliphatic heterocycles. The zero-order valence-electron chi connectivity index (χ0n) is 19.6. The fourth-order valence-electron chi connectivity index (χ4n) is 3.89. The van der Waals surface area contributed by atoms with E-state index < -0.39 is 40.1 Å². The lowest BCUT2D eigenvalue weighted by Crippen LogP contribution is -2.43. The average Bonchev–Trinajstić information content (AvgIpc) is 3.24. The molecule has 0 atom stereocenters. The molecule has 0 aliphatic rings. The van der Waals surface area contributed by atoms with Gasteiger partial charge in [0.25, 0.3) is 5.56 Å². The minimum Gasteiger partial charge on any atom is -0.324 e. The smallest absolute Gasteiger partial charge is 0.324 e. The number of nitrogens with zero attached hydrogens (tertiary/aromatic N) is 5. The van der Waals surface area contributed by atoms with E-state index in [1.165, 1.54) is 10.9 Å². The molecular formula is C24H23FN6O5. The van der Waals surface area contributed by atoms with Gasteiger partial charge in [0.1, 0.15) is 6.54 Å². The number of nitro benzene ring substituents is 1. The largest absolute Gasteiger partial charge is 0.333 e. The number of nitro groups is 1. The molecule has 36 heavy (non-hydrogen) atoms. The number of nitrogens with one attached hydrogen (secondary N) is 1. The number of halogens is 1. The quantitative estimate of drug-likeness (QED) is 0.296. The first-order chi connectivity index (χ1) is 17.2. The van der Waals surface area contributed by atoms with Crippen LogP contribution >= 0.6 is 0 Å². The number of anilines is 1.